The highest BCUT2D eigenvalue weighted by molar-refractivity contribution is 7.22. The predicted octanol–water partition coefficient (Wildman–Crippen LogP) is 2.04. The van der Waals surface area contributed by atoms with Crippen LogP contribution in [0.2, 0.25) is 0 Å². The Hall–Kier alpha value is -2.34. The molecule has 0 fully saturated rings. The second-order valence-corrected chi connectivity index (χ2v) is 5.25. The number of pyridine rings is 1. The minimum absolute atomic E-state index is 0.236. The van der Waals surface area contributed by atoms with E-state index in [-0.39, 0.29) is 11.2 Å². The summed E-state index contributed by atoms with van der Waals surface area (Å²) >= 11 is 1.42. The molecule has 2 heterocycles. The van der Waals surface area contributed by atoms with E-state index in [0.29, 0.717) is 10.8 Å². The van der Waals surface area contributed by atoms with Crippen molar-refractivity contribution in [1.82, 2.24) is 9.55 Å². The van der Waals surface area contributed by atoms with Crippen molar-refractivity contribution in [3.63, 3.8) is 0 Å². The molecule has 0 bridgehead atoms. The summed E-state index contributed by atoms with van der Waals surface area (Å²) in [6.45, 7) is 1.69. The Balaban J connectivity index is 2.24. The predicted molar refractivity (Wildman–Crippen MR) is 76.0 cm³/mol. The van der Waals surface area contributed by atoms with Gasteiger partial charge in [0.15, 0.2) is 10.9 Å². The standard InChI is InChI=1S/C13H11N3O2S/c1-7-12(18)10(17)4-5-16(7)8-2-3-11-9(6-8)15-13(14)19-11/h2-6,18H,1H3,(H2,14,15). The number of nitrogens with two attached hydrogens (primary N) is 1. The summed E-state index contributed by atoms with van der Waals surface area (Å²) in [7, 11) is 0. The van der Waals surface area contributed by atoms with E-state index in [1.165, 1.54) is 17.4 Å². The fourth-order valence-corrected chi connectivity index (χ4v) is 2.70. The summed E-state index contributed by atoms with van der Waals surface area (Å²) in [5.41, 5.74) is 7.41. The van der Waals surface area contributed by atoms with E-state index in [1.807, 2.05) is 18.2 Å². The molecule has 0 aliphatic rings. The maximum absolute atomic E-state index is 11.3. The minimum Gasteiger partial charge on any atom is -0.503 e. The summed E-state index contributed by atoms with van der Waals surface area (Å²) in [5.74, 6) is -0.236. The lowest BCUT2D eigenvalue weighted by molar-refractivity contribution is 0.459. The number of anilines is 1. The highest BCUT2D eigenvalue weighted by Crippen LogP contribution is 2.26. The molecule has 0 atom stereocenters. The lowest BCUT2D eigenvalue weighted by Gasteiger charge is -2.11. The van der Waals surface area contributed by atoms with E-state index in [4.69, 9.17) is 5.73 Å². The molecule has 1 aromatic carbocycles. The number of benzene rings is 1. The molecule has 3 N–H and O–H groups in total. The number of fused-ring (bicyclic) bond motifs is 1. The van der Waals surface area contributed by atoms with Crippen LogP contribution < -0.4 is 11.2 Å². The smallest absolute Gasteiger partial charge is 0.223 e. The van der Waals surface area contributed by atoms with Gasteiger partial charge in [-0.3, -0.25) is 4.79 Å². The largest absolute Gasteiger partial charge is 0.503 e. The van der Waals surface area contributed by atoms with Gasteiger partial charge in [-0.2, -0.15) is 0 Å². The highest BCUT2D eigenvalue weighted by atomic mass is 32.1. The maximum Gasteiger partial charge on any atom is 0.223 e. The van der Waals surface area contributed by atoms with Gasteiger partial charge in [0.1, 0.15) is 0 Å². The number of hydrogen-bond donors (Lipinski definition) is 2. The first-order valence-electron chi connectivity index (χ1n) is 5.64. The molecule has 0 amide bonds. The lowest BCUT2D eigenvalue weighted by Crippen LogP contribution is -2.08. The van der Waals surface area contributed by atoms with Crippen molar-refractivity contribution in [1.29, 1.82) is 0 Å². The molecule has 3 rings (SSSR count). The molecule has 2 aromatic heterocycles. The molecule has 5 nitrogen and oxygen atoms in total. The lowest BCUT2D eigenvalue weighted by atomic mass is 10.2. The summed E-state index contributed by atoms with van der Waals surface area (Å²) in [5, 5.41) is 10.2. The van der Waals surface area contributed by atoms with E-state index in [0.717, 1.165) is 15.9 Å². The SMILES string of the molecule is Cc1c(O)c(=O)ccn1-c1ccc2sc(N)nc2c1. The van der Waals surface area contributed by atoms with Gasteiger partial charge in [0.25, 0.3) is 0 Å². The number of rotatable bonds is 1. The van der Waals surface area contributed by atoms with Gasteiger partial charge in [-0.05, 0) is 25.1 Å². The van der Waals surface area contributed by atoms with E-state index in [1.54, 1.807) is 17.7 Å². The molecule has 0 aliphatic heterocycles. The van der Waals surface area contributed by atoms with Gasteiger partial charge in [0, 0.05) is 18.0 Å². The number of nitrogen functional groups attached to an aromatic ring is 1. The molecular weight excluding hydrogens is 262 g/mol. The number of thiazole rings is 1. The van der Waals surface area contributed by atoms with Gasteiger partial charge in [-0.1, -0.05) is 11.3 Å². The average Bonchev–Trinajstić information content (AvgIpc) is 2.75. The van der Waals surface area contributed by atoms with E-state index in [2.05, 4.69) is 4.98 Å². The van der Waals surface area contributed by atoms with Crippen LogP contribution in [0.15, 0.2) is 35.3 Å². The Morgan fingerprint density at radius 3 is 2.95 bits per heavy atom. The van der Waals surface area contributed by atoms with Crippen LogP contribution >= 0.6 is 11.3 Å². The summed E-state index contributed by atoms with van der Waals surface area (Å²) in [6, 6.07) is 7.03. The van der Waals surface area contributed by atoms with Crippen molar-refractivity contribution < 1.29 is 5.11 Å². The number of nitrogens with zero attached hydrogens (tertiary/aromatic N) is 2. The first-order valence-corrected chi connectivity index (χ1v) is 6.45. The van der Waals surface area contributed by atoms with Crippen LogP contribution in [0.3, 0.4) is 0 Å². The van der Waals surface area contributed by atoms with E-state index in [9.17, 15) is 9.90 Å². The molecular formula is C13H11N3O2S. The molecule has 0 aliphatic carbocycles. The Kier molecular flexibility index (Phi) is 2.53. The van der Waals surface area contributed by atoms with Crippen LogP contribution in [0.5, 0.6) is 5.75 Å². The molecule has 0 saturated heterocycles. The van der Waals surface area contributed by atoms with Crippen molar-refractivity contribution in [2.24, 2.45) is 0 Å². The van der Waals surface area contributed by atoms with Crippen molar-refractivity contribution in [3.05, 3.63) is 46.4 Å². The molecule has 6 heteroatoms. The van der Waals surface area contributed by atoms with Crippen LogP contribution in [-0.2, 0) is 0 Å². The van der Waals surface area contributed by atoms with Gasteiger partial charge in [-0.25, -0.2) is 4.98 Å². The number of aromatic hydroxyl groups is 1. The Bertz CT molecular complexity index is 836. The third-order valence-electron chi connectivity index (χ3n) is 2.98. The zero-order chi connectivity index (χ0) is 13.6. The normalized spacial score (nSPS) is 11.0. The molecule has 0 unspecified atom stereocenters. The highest BCUT2D eigenvalue weighted by Gasteiger charge is 2.08. The Morgan fingerprint density at radius 2 is 2.16 bits per heavy atom. The Labute approximate surface area is 112 Å². The average molecular weight is 273 g/mol. The van der Waals surface area contributed by atoms with E-state index < -0.39 is 0 Å². The topological polar surface area (TPSA) is 81.1 Å². The third-order valence-corrected chi connectivity index (χ3v) is 3.84. The van der Waals surface area contributed by atoms with Gasteiger partial charge in [0.05, 0.1) is 15.9 Å². The monoisotopic (exact) mass is 273 g/mol. The summed E-state index contributed by atoms with van der Waals surface area (Å²) in [4.78, 5) is 15.6. The van der Waals surface area contributed by atoms with Gasteiger partial charge < -0.3 is 15.4 Å². The van der Waals surface area contributed by atoms with Crippen LogP contribution in [0, 0.1) is 6.92 Å². The van der Waals surface area contributed by atoms with Crippen LogP contribution in [-0.4, -0.2) is 14.7 Å². The maximum atomic E-state index is 11.3. The molecule has 96 valence electrons. The van der Waals surface area contributed by atoms with Crippen LogP contribution in [0.1, 0.15) is 5.69 Å². The molecule has 3 aromatic rings. The zero-order valence-electron chi connectivity index (χ0n) is 10.1. The summed E-state index contributed by atoms with van der Waals surface area (Å²) in [6.07, 6.45) is 1.63. The first-order chi connectivity index (χ1) is 9.06. The minimum atomic E-state index is -0.382. The second kappa shape index (κ2) is 4.10. The van der Waals surface area contributed by atoms with Crippen LogP contribution in [0.25, 0.3) is 15.9 Å². The van der Waals surface area contributed by atoms with E-state index >= 15 is 0 Å². The molecule has 19 heavy (non-hydrogen) atoms. The van der Waals surface area contributed by atoms with Crippen molar-refractivity contribution in [3.8, 4) is 11.4 Å². The Morgan fingerprint density at radius 1 is 1.37 bits per heavy atom. The number of hydrogen-bond acceptors (Lipinski definition) is 5. The van der Waals surface area contributed by atoms with Gasteiger partial charge in [-0.15, -0.1) is 0 Å². The van der Waals surface area contributed by atoms with Gasteiger partial charge in [0.2, 0.25) is 5.43 Å². The fraction of sp³-hybridized carbons (Fsp3) is 0.0769. The summed E-state index contributed by atoms with van der Waals surface area (Å²) < 4.78 is 2.75. The first kappa shape index (κ1) is 11.7. The molecule has 0 saturated carbocycles. The molecule has 0 spiro atoms. The van der Waals surface area contributed by atoms with Crippen molar-refractivity contribution >= 4 is 26.7 Å². The fourth-order valence-electron chi connectivity index (χ4n) is 1.99. The molecule has 0 radical (unpaired) electrons. The van der Waals surface area contributed by atoms with Crippen molar-refractivity contribution in [2.45, 2.75) is 6.92 Å². The van der Waals surface area contributed by atoms with Crippen LogP contribution in [0.4, 0.5) is 5.13 Å². The van der Waals surface area contributed by atoms with Gasteiger partial charge >= 0.3 is 0 Å². The van der Waals surface area contributed by atoms with Crippen molar-refractivity contribution in [2.75, 3.05) is 5.73 Å². The zero-order valence-corrected chi connectivity index (χ0v) is 10.9. The third kappa shape index (κ3) is 1.86. The quantitative estimate of drug-likeness (QED) is 0.711. The second-order valence-electron chi connectivity index (χ2n) is 4.19. The number of aromatic nitrogens is 2.